The molecule has 1 aromatic rings. The van der Waals surface area contributed by atoms with Gasteiger partial charge in [-0.2, -0.15) is 11.3 Å². The van der Waals surface area contributed by atoms with E-state index in [4.69, 9.17) is 0 Å². The molecule has 0 aliphatic carbocycles. The van der Waals surface area contributed by atoms with Gasteiger partial charge in [0.15, 0.2) is 5.78 Å². The van der Waals surface area contributed by atoms with E-state index in [1.54, 1.807) is 16.8 Å². The molecule has 0 N–H and O–H groups in total. The van der Waals surface area contributed by atoms with E-state index in [1.807, 2.05) is 0 Å². The van der Waals surface area contributed by atoms with Crippen LogP contribution in [-0.4, -0.2) is 26.2 Å². The molecule has 0 atom stereocenters. The molecule has 0 saturated carbocycles. The van der Waals surface area contributed by atoms with Crippen LogP contribution >= 0.6 is 11.3 Å². The van der Waals surface area contributed by atoms with Gasteiger partial charge >= 0.3 is 0 Å². The molecule has 5 heteroatoms. The topological polar surface area (TPSA) is 51.2 Å². The summed E-state index contributed by atoms with van der Waals surface area (Å²) in [5.41, 5.74) is 0.605. The zero-order valence-corrected chi connectivity index (χ0v) is 8.82. The Balaban J connectivity index is 2.53. The molecule has 0 amide bonds. The van der Waals surface area contributed by atoms with E-state index < -0.39 is 9.84 Å². The van der Waals surface area contributed by atoms with Crippen molar-refractivity contribution in [1.82, 2.24) is 0 Å². The molecule has 0 unspecified atom stereocenters. The Morgan fingerprint density at radius 1 is 1.54 bits per heavy atom. The number of Topliss-reactive ketones (excluding diaryl/α,β-unsaturated/α-hetero) is 1. The van der Waals surface area contributed by atoms with Gasteiger partial charge in [0.2, 0.25) is 0 Å². The standard InChI is InChI=1S/C8H10O3S2/c1-13(10,11)5-3-8(9)7-2-4-12-6-7/h2,4,6H,3,5H2,1H3. The van der Waals surface area contributed by atoms with Crippen molar-refractivity contribution >= 4 is 27.0 Å². The van der Waals surface area contributed by atoms with E-state index >= 15 is 0 Å². The fourth-order valence-corrected chi connectivity index (χ4v) is 2.06. The molecule has 72 valence electrons. The van der Waals surface area contributed by atoms with Gasteiger partial charge in [-0.05, 0) is 11.4 Å². The average molecular weight is 218 g/mol. The maximum atomic E-state index is 11.3. The van der Waals surface area contributed by atoms with Crippen molar-refractivity contribution in [2.75, 3.05) is 12.0 Å². The van der Waals surface area contributed by atoms with Crippen molar-refractivity contribution in [3.8, 4) is 0 Å². The summed E-state index contributed by atoms with van der Waals surface area (Å²) in [6.45, 7) is 0. The van der Waals surface area contributed by atoms with Gasteiger partial charge in [-0.1, -0.05) is 0 Å². The van der Waals surface area contributed by atoms with E-state index in [9.17, 15) is 13.2 Å². The third kappa shape index (κ3) is 3.69. The minimum Gasteiger partial charge on any atom is -0.294 e. The van der Waals surface area contributed by atoms with Gasteiger partial charge in [0.05, 0.1) is 5.75 Å². The number of ketones is 1. The van der Waals surface area contributed by atoms with E-state index in [2.05, 4.69) is 0 Å². The molecule has 0 aliphatic heterocycles. The smallest absolute Gasteiger partial charge is 0.164 e. The third-order valence-electron chi connectivity index (χ3n) is 1.54. The maximum Gasteiger partial charge on any atom is 0.164 e. The molecule has 1 aromatic heterocycles. The highest BCUT2D eigenvalue weighted by atomic mass is 32.2. The minimum absolute atomic E-state index is 0.0678. The number of sulfone groups is 1. The highest BCUT2D eigenvalue weighted by molar-refractivity contribution is 7.90. The molecule has 0 spiro atoms. The van der Waals surface area contributed by atoms with Crippen molar-refractivity contribution < 1.29 is 13.2 Å². The van der Waals surface area contributed by atoms with Crippen molar-refractivity contribution in [2.24, 2.45) is 0 Å². The fourth-order valence-electron chi connectivity index (χ4n) is 0.846. The molecule has 1 heterocycles. The highest BCUT2D eigenvalue weighted by Gasteiger charge is 2.09. The summed E-state index contributed by atoms with van der Waals surface area (Å²) in [5, 5.41) is 3.53. The number of carbonyl (C=O) groups excluding carboxylic acids is 1. The predicted octanol–water partition coefficient (Wildman–Crippen LogP) is 1.37. The summed E-state index contributed by atoms with van der Waals surface area (Å²) >= 11 is 1.43. The zero-order valence-electron chi connectivity index (χ0n) is 7.19. The van der Waals surface area contributed by atoms with Crippen LogP contribution in [0.4, 0.5) is 0 Å². The van der Waals surface area contributed by atoms with Crippen LogP contribution in [0.2, 0.25) is 0 Å². The molecule has 0 radical (unpaired) electrons. The number of thiophene rings is 1. The second kappa shape index (κ2) is 4.02. The second-order valence-corrected chi connectivity index (χ2v) is 5.85. The maximum absolute atomic E-state index is 11.3. The lowest BCUT2D eigenvalue weighted by molar-refractivity contribution is 0.0989. The Kier molecular flexibility index (Phi) is 3.22. The molecular formula is C8H10O3S2. The summed E-state index contributed by atoms with van der Waals surface area (Å²) in [4.78, 5) is 11.3. The van der Waals surface area contributed by atoms with Gasteiger partial charge < -0.3 is 0 Å². The summed E-state index contributed by atoms with van der Waals surface area (Å²) in [6, 6.07) is 1.70. The molecule has 13 heavy (non-hydrogen) atoms. The predicted molar refractivity (Wildman–Crippen MR) is 53.0 cm³/mol. The molecular weight excluding hydrogens is 208 g/mol. The number of rotatable bonds is 4. The quantitative estimate of drug-likeness (QED) is 0.717. The molecule has 0 saturated heterocycles. The van der Waals surface area contributed by atoms with E-state index in [1.165, 1.54) is 11.3 Å². The van der Waals surface area contributed by atoms with Gasteiger partial charge in [0, 0.05) is 23.6 Å². The first-order valence-electron chi connectivity index (χ1n) is 3.72. The molecule has 0 fully saturated rings. The number of carbonyl (C=O) groups is 1. The van der Waals surface area contributed by atoms with Crippen LogP contribution in [0.3, 0.4) is 0 Å². The first-order chi connectivity index (χ1) is 5.99. The summed E-state index contributed by atoms with van der Waals surface area (Å²) < 4.78 is 21.5. The molecule has 1 rings (SSSR count). The second-order valence-electron chi connectivity index (χ2n) is 2.82. The van der Waals surface area contributed by atoms with Crippen LogP contribution in [0.15, 0.2) is 16.8 Å². The van der Waals surface area contributed by atoms with Gasteiger partial charge in [0.25, 0.3) is 0 Å². The van der Waals surface area contributed by atoms with Crippen molar-refractivity contribution in [1.29, 1.82) is 0 Å². The Bertz CT molecular complexity index is 376. The van der Waals surface area contributed by atoms with Crippen LogP contribution in [-0.2, 0) is 9.84 Å². The van der Waals surface area contributed by atoms with Crippen molar-refractivity contribution in [2.45, 2.75) is 6.42 Å². The zero-order chi connectivity index (χ0) is 9.90. The van der Waals surface area contributed by atoms with Gasteiger partial charge in [-0.25, -0.2) is 8.42 Å². The molecule has 0 bridgehead atoms. The molecule has 3 nitrogen and oxygen atoms in total. The average Bonchev–Trinajstić information content (AvgIpc) is 2.50. The Morgan fingerprint density at radius 3 is 2.69 bits per heavy atom. The lowest BCUT2D eigenvalue weighted by Gasteiger charge is -1.96. The monoisotopic (exact) mass is 218 g/mol. The summed E-state index contributed by atoms with van der Waals surface area (Å²) in [5.74, 6) is -0.173. The fraction of sp³-hybridized carbons (Fsp3) is 0.375. The Morgan fingerprint density at radius 2 is 2.23 bits per heavy atom. The van der Waals surface area contributed by atoms with Crippen molar-refractivity contribution in [3.63, 3.8) is 0 Å². The minimum atomic E-state index is -3.03. The van der Waals surface area contributed by atoms with Crippen LogP contribution in [0.25, 0.3) is 0 Å². The Hall–Kier alpha value is -0.680. The van der Waals surface area contributed by atoms with Crippen LogP contribution < -0.4 is 0 Å². The van der Waals surface area contributed by atoms with E-state index in [0.29, 0.717) is 5.56 Å². The lowest BCUT2D eigenvalue weighted by atomic mass is 10.2. The molecule has 0 aromatic carbocycles. The van der Waals surface area contributed by atoms with Crippen LogP contribution in [0.5, 0.6) is 0 Å². The van der Waals surface area contributed by atoms with Crippen molar-refractivity contribution in [3.05, 3.63) is 22.4 Å². The van der Waals surface area contributed by atoms with Crippen LogP contribution in [0.1, 0.15) is 16.8 Å². The Labute approximate surface area is 81.3 Å². The summed E-state index contributed by atoms with van der Waals surface area (Å²) in [6.07, 6.45) is 1.21. The first-order valence-corrected chi connectivity index (χ1v) is 6.72. The molecule has 0 aliphatic rings. The number of hydrogen-bond acceptors (Lipinski definition) is 4. The van der Waals surface area contributed by atoms with Crippen LogP contribution in [0, 0.1) is 0 Å². The van der Waals surface area contributed by atoms with Gasteiger partial charge in [-0.3, -0.25) is 4.79 Å². The first kappa shape index (κ1) is 10.4. The summed E-state index contributed by atoms with van der Waals surface area (Å²) in [7, 11) is -3.03. The normalized spacial score (nSPS) is 11.5. The van der Waals surface area contributed by atoms with E-state index in [0.717, 1.165) is 6.26 Å². The van der Waals surface area contributed by atoms with Gasteiger partial charge in [0.1, 0.15) is 9.84 Å². The van der Waals surface area contributed by atoms with E-state index in [-0.39, 0.29) is 18.0 Å². The largest absolute Gasteiger partial charge is 0.294 e. The third-order valence-corrected chi connectivity index (χ3v) is 3.17. The van der Waals surface area contributed by atoms with Gasteiger partial charge in [-0.15, -0.1) is 0 Å². The SMILES string of the molecule is CS(=O)(=O)CCC(=O)c1ccsc1. The number of hydrogen-bond donors (Lipinski definition) is 0. The highest BCUT2D eigenvalue weighted by Crippen LogP contribution is 2.09. The lowest BCUT2D eigenvalue weighted by Crippen LogP contribution is -2.08.